The third-order valence-electron chi connectivity index (χ3n) is 3.12. The first-order valence-electron chi connectivity index (χ1n) is 6.41. The molecule has 0 bridgehead atoms. The monoisotopic (exact) mass is 297 g/mol. The quantitative estimate of drug-likeness (QED) is 0.860. The van der Waals surface area contributed by atoms with Gasteiger partial charge < -0.3 is 10.1 Å². The second-order valence-corrected chi connectivity index (χ2v) is 5.40. The molecule has 1 aliphatic rings. The molecule has 1 atom stereocenters. The molecule has 0 spiro atoms. The van der Waals surface area contributed by atoms with Crippen LogP contribution < -0.4 is 10.1 Å². The van der Waals surface area contributed by atoms with E-state index in [1.807, 2.05) is 13.0 Å². The van der Waals surface area contributed by atoms with Gasteiger partial charge in [0.05, 0.1) is 6.61 Å². The summed E-state index contributed by atoms with van der Waals surface area (Å²) in [5, 5.41) is 3.59. The second kappa shape index (κ2) is 5.87. The highest BCUT2D eigenvalue weighted by atomic mass is 79.9. The first-order valence-corrected chi connectivity index (χ1v) is 7.21. The Hall–Kier alpha value is -0.540. The lowest BCUT2D eigenvalue weighted by atomic mass is 10.0. The van der Waals surface area contributed by atoms with Crippen LogP contribution in [0.25, 0.3) is 0 Å². The fourth-order valence-electron chi connectivity index (χ4n) is 2.23. The van der Waals surface area contributed by atoms with E-state index in [1.54, 1.807) is 0 Å². The Labute approximate surface area is 112 Å². The van der Waals surface area contributed by atoms with E-state index in [2.05, 4.69) is 40.3 Å². The van der Waals surface area contributed by atoms with Crippen molar-refractivity contribution in [3.8, 4) is 5.75 Å². The molecule has 3 heteroatoms. The van der Waals surface area contributed by atoms with Crippen molar-refractivity contribution in [2.75, 3.05) is 13.2 Å². The first-order chi connectivity index (χ1) is 8.26. The Kier molecular flexibility index (Phi) is 4.46. The van der Waals surface area contributed by atoms with Crippen LogP contribution in [0.15, 0.2) is 22.7 Å². The molecule has 0 saturated heterocycles. The van der Waals surface area contributed by atoms with Gasteiger partial charge in [0, 0.05) is 16.1 Å². The molecule has 17 heavy (non-hydrogen) atoms. The summed E-state index contributed by atoms with van der Waals surface area (Å²) in [7, 11) is 0. The topological polar surface area (TPSA) is 21.3 Å². The summed E-state index contributed by atoms with van der Waals surface area (Å²) in [6.45, 7) is 5.91. The van der Waals surface area contributed by atoms with Crippen molar-refractivity contribution >= 4 is 15.9 Å². The first kappa shape index (κ1) is 12.9. The fourth-order valence-corrected chi connectivity index (χ4v) is 2.61. The molecule has 0 radical (unpaired) electrons. The highest BCUT2D eigenvalue weighted by molar-refractivity contribution is 9.10. The summed E-state index contributed by atoms with van der Waals surface area (Å²) in [5.74, 6) is 1.80. The van der Waals surface area contributed by atoms with E-state index in [-0.39, 0.29) is 0 Å². The van der Waals surface area contributed by atoms with E-state index < -0.39 is 0 Å². The predicted molar refractivity (Wildman–Crippen MR) is 74.5 cm³/mol. The number of hydrogen-bond acceptors (Lipinski definition) is 2. The minimum absolute atomic E-state index is 0.444. The van der Waals surface area contributed by atoms with E-state index in [9.17, 15) is 0 Å². The van der Waals surface area contributed by atoms with Gasteiger partial charge in [0.15, 0.2) is 0 Å². The number of rotatable bonds is 6. The molecule has 0 aromatic heterocycles. The Morgan fingerprint density at radius 1 is 1.41 bits per heavy atom. The Bertz CT molecular complexity index is 376. The summed E-state index contributed by atoms with van der Waals surface area (Å²) in [5.41, 5.74) is 1.30. The summed E-state index contributed by atoms with van der Waals surface area (Å²) in [6, 6.07) is 6.75. The van der Waals surface area contributed by atoms with E-state index in [0.717, 1.165) is 29.3 Å². The Morgan fingerprint density at radius 3 is 2.76 bits per heavy atom. The molecule has 1 fully saturated rings. The van der Waals surface area contributed by atoms with Gasteiger partial charge >= 0.3 is 0 Å². The van der Waals surface area contributed by atoms with Crippen molar-refractivity contribution in [2.45, 2.75) is 32.7 Å². The summed E-state index contributed by atoms with van der Waals surface area (Å²) < 4.78 is 6.86. The molecule has 2 rings (SSSR count). The van der Waals surface area contributed by atoms with Gasteiger partial charge in [0.25, 0.3) is 0 Å². The van der Waals surface area contributed by atoms with Crippen molar-refractivity contribution < 1.29 is 4.74 Å². The third-order valence-corrected chi connectivity index (χ3v) is 3.62. The van der Waals surface area contributed by atoms with Crippen molar-refractivity contribution in [3.63, 3.8) is 0 Å². The maximum Gasteiger partial charge on any atom is 0.124 e. The number of ether oxygens (including phenoxy) is 1. The molecule has 1 aliphatic carbocycles. The number of halogens is 1. The van der Waals surface area contributed by atoms with Gasteiger partial charge in [0.1, 0.15) is 5.75 Å². The lowest BCUT2D eigenvalue weighted by Gasteiger charge is -2.21. The van der Waals surface area contributed by atoms with Crippen LogP contribution in [0.1, 0.15) is 38.3 Å². The average Bonchev–Trinajstić information content (AvgIpc) is 3.13. The molecule has 1 aromatic carbocycles. The molecule has 2 nitrogen and oxygen atoms in total. The van der Waals surface area contributed by atoms with E-state index >= 15 is 0 Å². The lowest BCUT2D eigenvalue weighted by molar-refractivity contribution is 0.328. The molecule has 0 heterocycles. The lowest BCUT2D eigenvalue weighted by Crippen LogP contribution is -2.23. The Balaban J connectivity index is 2.28. The van der Waals surface area contributed by atoms with Gasteiger partial charge in [-0.25, -0.2) is 0 Å². The van der Waals surface area contributed by atoms with Crippen LogP contribution in [-0.4, -0.2) is 13.2 Å². The average molecular weight is 298 g/mol. The smallest absolute Gasteiger partial charge is 0.124 e. The maximum absolute atomic E-state index is 5.74. The van der Waals surface area contributed by atoms with Gasteiger partial charge in [0.2, 0.25) is 0 Å². The predicted octanol–water partition coefficient (Wildman–Crippen LogP) is 3.91. The van der Waals surface area contributed by atoms with Crippen molar-refractivity contribution in [1.82, 2.24) is 5.32 Å². The van der Waals surface area contributed by atoms with E-state index in [4.69, 9.17) is 4.74 Å². The van der Waals surface area contributed by atoms with Crippen molar-refractivity contribution in [3.05, 3.63) is 28.2 Å². The Morgan fingerprint density at radius 2 is 2.18 bits per heavy atom. The van der Waals surface area contributed by atoms with Gasteiger partial charge in [-0.1, -0.05) is 22.9 Å². The van der Waals surface area contributed by atoms with Crippen LogP contribution in [0.2, 0.25) is 0 Å². The SMILES string of the molecule is CCNC(c1cc(Br)ccc1OCC)C1CC1. The van der Waals surface area contributed by atoms with Crippen molar-refractivity contribution in [2.24, 2.45) is 5.92 Å². The summed E-state index contributed by atoms with van der Waals surface area (Å²) >= 11 is 3.55. The number of hydrogen-bond donors (Lipinski definition) is 1. The highest BCUT2D eigenvalue weighted by Gasteiger charge is 2.33. The molecule has 94 valence electrons. The standard InChI is InChI=1S/C14H20BrNO/c1-3-16-14(10-5-6-10)12-9-11(15)7-8-13(12)17-4-2/h7-10,14,16H,3-6H2,1-2H3. The normalized spacial score (nSPS) is 16.9. The molecule has 1 saturated carbocycles. The zero-order chi connectivity index (χ0) is 12.3. The van der Waals surface area contributed by atoms with Crippen LogP contribution in [0, 0.1) is 5.92 Å². The van der Waals surface area contributed by atoms with Crippen LogP contribution in [-0.2, 0) is 0 Å². The van der Waals surface area contributed by atoms with Crippen LogP contribution in [0.3, 0.4) is 0 Å². The van der Waals surface area contributed by atoms with Gasteiger partial charge in [-0.15, -0.1) is 0 Å². The molecule has 1 unspecified atom stereocenters. The van der Waals surface area contributed by atoms with E-state index in [1.165, 1.54) is 18.4 Å². The highest BCUT2D eigenvalue weighted by Crippen LogP contribution is 2.44. The minimum atomic E-state index is 0.444. The largest absolute Gasteiger partial charge is 0.494 e. The molecular weight excluding hydrogens is 278 g/mol. The van der Waals surface area contributed by atoms with E-state index in [0.29, 0.717) is 6.04 Å². The third kappa shape index (κ3) is 3.23. The maximum atomic E-state index is 5.74. The van der Waals surface area contributed by atoms with Crippen LogP contribution >= 0.6 is 15.9 Å². The second-order valence-electron chi connectivity index (χ2n) is 4.49. The zero-order valence-corrected chi connectivity index (χ0v) is 12.1. The van der Waals surface area contributed by atoms with Gasteiger partial charge in [-0.2, -0.15) is 0 Å². The molecule has 1 aromatic rings. The van der Waals surface area contributed by atoms with Crippen LogP contribution in [0.4, 0.5) is 0 Å². The molecule has 0 amide bonds. The summed E-state index contributed by atoms with van der Waals surface area (Å²) in [4.78, 5) is 0. The molecular formula is C14H20BrNO. The summed E-state index contributed by atoms with van der Waals surface area (Å²) in [6.07, 6.45) is 2.66. The number of nitrogens with one attached hydrogen (secondary N) is 1. The molecule has 0 aliphatic heterocycles. The van der Waals surface area contributed by atoms with Gasteiger partial charge in [-0.05, 0) is 50.4 Å². The molecule has 1 N–H and O–H groups in total. The van der Waals surface area contributed by atoms with Crippen LogP contribution in [0.5, 0.6) is 5.75 Å². The number of benzene rings is 1. The minimum Gasteiger partial charge on any atom is -0.494 e. The zero-order valence-electron chi connectivity index (χ0n) is 10.5. The fraction of sp³-hybridized carbons (Fsp3) is 0.571. The van der Waals surface area contributed by atoms with Crippen molar-refractivity contribution in [1.29, 1.82) is 0 Å². The van der Waals surface area contributed by atoms with Gasteiger partial charge in [-0.3, -0.25) is 0 Å².